The highest BCUT2D eigenvalue weighted by Gasteiger charge is 2.30. The van der Waals surface area contributed by atoms with E-state index < -0.39 is 0 Å². The molecular formula is C13H17BrO2. The zero-order chi connectivity index (χ0) is 11.5. The Morgan fingerprint density at radius 2 is 2.25 bits per heavy atom. The van der Waals surface area contributed by atoms with Crippen LogP contribution in [-0.2, 0) is 0 Å². The van der Waals surface area contributed by atoms with Crippen LogP contribution in [0.5, 0.6) is 5.75 Å². The van der Waals surface area contributed by atoms with Crippen LogP contribution in [0.3, 0.4) is 0 Å². The van der Waals surface area contributed by atoms with Crippen LogP contribution in [0.4, 0.5) is 0 Å². The fourth-order valence-electron chi connectivity index (χ4n) is 1.71. The van der Waals surface area contributed by atoms with E-state index in [4.69, 9.17) is 4.74 Å². The van der Waals surface area contributed by atoms with Gasteiger partial charge in [-0.1, -0.05) is 13.0 Å². The highest BCUT2D eigenvalue weighted by Crippen LogP contribution is 2.42. The van der Waals surface area contributed by atoms with Crippen LogP contribution in [0.1, 0.15) is 37.9 Å². The molecule has 3 heteroatoms. The molecule has 1 aromatic carbocycles. The van der Waals surface area contributed by atoms with E-state index in [-0.39, 0.29) is 6.10 Å². The Morgan fingerprint density at radius 1 is 1.50 bits per heavy atom. The minimum absolute atomic E-state index is 0.309. The van der Waals surface area contributed by atoms with Crippen molar-refractivity contribution >= 4 is 15.9 Å². The molecule has 0 aliphatic heterocycles. The van der Waals surface area contributed by atoms with Gasteiger partial charge >= 0.3 is 0 Å². The molecule has 0 radical (unpaired) electrons. The van der Waals surface area contributed by atoms with E-state index in [0.717, 1.165) is 41.7 Å². The van der Waals surface area contributed by atoms with Crippen molar-refractivity contribution in [3.63, 3.8) is 0 Å². The number of ether oxygens (including phenoxy) is 1. The third-order valence-corrected chi connectivity index (χ3v) is 3.45. The van der Waals surface area contributed by atoms with E-state index in [9.17, 15) is 5.11 Å². The first-order valence-electron chi connectivity index (χ1n) is 5.82. The lowest BCUT2D eigenvalue weighted by Gasteiger charge is -2.12. The monoisotopic (exact) mass is 284 g/mol. The van der Waals surface area contributed by atoms with E-state index in [2.05, 4.69) is 22.9 Å². The maximum atomic E-state index is 9.99. The first-order valence-corrected chi connectivity index (χ1v) is 6.62. The molecule has 1 aliphatic rings. The molecule has 0 bridgehead atoms. The fraction of sp³-hybridized carbons (Fsp3) is 0.538. The molecule has 1 N–H and O–H groups in total. The molecule has 0 saturated heterocycles. The first-order chi connectivity index (χ1) is 7.72. The molecule has 0 amide bonds. The summed E-state index contributed by atoms with van der Waals surface area (Å²) in [6.45, 7) is 2.81. The lowest BCUT2D eigenvalue weighted by atomic mass is 10.1. The van der Waals surface area contributed by atoms with Crippen LogP contribution >= 0.6 is 15.9 Å². The smallest absolute Gasteiger partial charge is 0.133 e. The van der Waals surface area contributed by atoms with E-state index in [1.165, 1.54) is 0 Å². The molecule has 1 fully saturated rings. The predicted octanol–water partition coefficient (Wildman–Crippen LogP) is 3.68. The second-order valence-corrected chi connectivity index (χ2v) is 5.17. The number of aliphatic hydroxyl groups excluding tert-OH is 1. The van der Waals surface area contributed by atoms with Crippen molar-refractivity contribution < 1.29 is 9.84 Å². The zero-order valence-electron chi connectivity index (χ0n) is 9.45. The quantitative estimate of drug-likeness (QED) is 0.894. The van der Waals surface area contributed by atoms with Gasteiger partial charge in [-0.25, -0.2) is 0 Å². The minimum Gasteiger partial charge on any atom is -0.492 e. The van der Waals surface area contributed by atoms with E-state index in [0.29, 0.717) is 5.92 Å². The van der Waals surface area contributed by atoms with Crippen molar-refractivity contribution in [2.45, 2.75) is 32.3 Å². The van der Waals surface area contributed by atoms with Gasteiger partial charge in [-0.2, -0.15) is 0 Å². The number of rotatable bonds is 5. The average molecular weight is 285 g/mol. The van der Waals surface area contributed by atoms with Crippen LogP contribution in [0.15, 0.2) is 22.7 Å². The number of aliphatic hydroxyl groups is 1. The normalized spacial score (nSPS) is 17.2. The molecule has 1 saturated carbocycles. The largest absolute Gasteiger partial charge is 0.492 e. The molecule has 1 aliphatic carbocycles. The van der Waals surface area contributed by atoms with Gasteiger partial charge in [-0.3, -0.25) is 0 Å². The lowest BCUT2D eigenvalue weighted by Crippen LogP contribution is -2.01. The van der Waals surface area contributed by atoms with Crippen molar-refractivity contribution in [1.82, 2.24) is 0 Å². The van der Waals surface area contributed by atoms with Crippen LogP contribution < -0.4 is 4.74 Å². The predicted molar refractivity (Wildman–Crippen MR) is 67.6 cm³/mol. The Hall–Kier alpha value is -0.540. The van der Waals surface area contributed by atoms with Gasteiger partial charge in [0.05, 0.1) is 17.2 Å². The van der Waals surface area contributed by atoms with Crippen molar-refractivity contribution in [1.29, 1.82) is 0 Å². The third kappa shape index (κ3) is 2.77. The summed E-state index contributed by atoms with van der Waals surface area (Å²) >= 11 is 3.48. The average Bonchev–Trinajstić information content (AvgIpc) is 3.10. The summed E-state index contributed by atoms with van der Waals surface area (Å²) in [4.78, 5) is 0. The van der Waals surface area contributed by atoms with Gasteiger partial charge in [-0.05, 0) is 58.8 Å². The van der Waals surface area contributed by atoms with Gasteiger partial charge in [0.25, 0.3) is 0 Å². The molecule has 2 nitrogen and oxygen atoms in total. The SMILES string of the molecule is CCCOc1ccc(C(O)C2CC2)cc1Br. The first kappa shape index (κ1) is 11.9. The number of benzene rings is 1. The van der Waals surface area contributed by atoms with Crippen molar-refractivity contribution in [3.8, 4) is 5.75 Å². The summed E-state index contributed by atoms with van der Waals surface area (Å²) in [7, 11) is 0. The van der Waals surface area contributed by atoms with Gasteiger partial charge in [0.2, 0.25) is 0 Å². The van der Waals surface area contributed by atoms with Crippen molar-refractivity contribution in [3.05, 3.63) is 28.2 Å². The van der Waals surface area contributed by atoms with Crippen LogP contribution in [-0.4, -0.2) is 11.7 Å². The fourth-order valence-corrected chi connectivity index (χ4v) is 2.23. The van der Waals surface area contributed by atoms with Gasteiger partial charge in [0.1, 0.15) is 5.75 Å². The number of hydrogen-bond donors (Lipinski definition) is 1. The molecule has 1 atom stereocenters. The highest BCUT2D eigenvalue weighted by atomic mass is 79.9. The summed E-state index contributed by atoms with van der Waals surface area (Å²) in [5.74, 6) is 1.32. The second kappa shape index (κ2) is 5.19. The van der Waals surface area contributed by atoms with Gasteiger partial charge < -0.3 is 9.84 Å². The summed E-state index contributed by atoms with van der Waals surface area (Å²) < 4.78 is 6.50. The maximum absolute atomic E-state index is 9.99. The standard InChI is InChI=1S/C13H17BrO2/c1-2-7-16-12-6-5-10(8-11(12)14)13(15)9-3-4-9/h5-6,8-9,13,15H,2-4,7H2,1H3. The zero-order valence-corrected chi connectivity index (χ0v) is 11.0. The van der Waals surface area contributed by atoms with Gasteiger partial charge in [0, 0.05) is 0 Å². The van der Waals surface area contributed by atoms with Crippen molar-refractivity contribution in [2.24, 2.45) is 5.92 Å². The summed E-state index contributed by atoms with van der Waals surface area (Å²) in [5.41, 5.74) is 0.984. The van der Waals surface area contributed by atoms with E-state index in [1.54, 1.807) is 0 Å². The summed E-state index contributed by atoms with van der Waals surface area (Å²) in [6.07, 6.45) is 2.98. The molecule has 2 rings (SSSR count). The second-order valence-electron chi connectivity index (χ2n) is 4.32. The summed E-state index contributed by atoms with van der Waals surface area (Å²) in [5, 5.41) is 9.99. The Labute approximate surface area is 105 Å². The molecule has 88 valence electrons. The molecule has 1 unspecified atom stereocenters. The Kier molecular flexibility index (Phi) is 3.87. The maximum Gasteiger partial charge on any atom is 0.133 e. The van der Waals surface area contributed by atoms with Crippen LogP contribution in [0, 0.1) is 5.92 Å². The lowest BCUT2D eigenvalue weighted by molar-refractivity contribution is 0.153. The summed E-state index contributed by atoms with van der Waals surface area (Å²) in [6, 6.07) is 5.85. The van der Waals surface area contributed by atoms with E-state index >= 15 is 0 Å². The minimum atomic E-state index is -0.309. The number of hydrogen-bond acceptors (Lipinski definition) is 2. The van der Waals surface area contributed by atoms with E-state index in [1.807, 2.05) is 18.2 Å². The molecule has 1 aromatic rings. The Balaban J connectivity index is 2.08. The van der Waals surface area contributed by atoms with Crippen LogP contribution in [0.25, 0.3) is 0 Å². The van der Waals surface area contributed by atoms with Crippen LogP contribution in [0.2, 0.25) is 0 Å². The third-order valence-electron chi connectivity index (χ3n) is 2.83. The molecule has 16 heavy (non-hydrogen) atoms. The molecule has 0 spiro atoms. The molecule has 0 aromatic heterocycles. The Bertz CT molecular complexity index is 361. The highest BCUT2D eigenvalue weighted by molar-refractivity contribution is 9.10. The molecule has 0 heterocycles. The number of halogens is 1. The Morgan fingerprint density at radius 3 is 2.81 bits per heavy atom. The molecular weight excluding hydrogens is 268 g/mol. The van der Waals surface area contributed by atoms with Crippen molar-refractivity contribution in [2.75, 3.05) is 6.61 Å². The topological polar surface area (TPSA) is 29.5 Å². The van der Waals surface area contributed by atoms with Gasteiger partial charge in [0.15, 0.2) is 0 Å². The van der Waals surface area contributed by atoms with Gasteiger partial charge in [-0.15, -0.1) is 0 Å².